The van der Waals surface area contributed by atoms with Gasteiger partial charge in [0, 0.05) is 18.5 Å². The molecular weight excluding hydrogens is 265 g/mol. The fourth-order valence-corrected chi connectivity index (χ4v) is 2.43. The maximum Gasteiger partial charge on any atom is 0.137 e. The third-order valence-electron chi connectivity index (χ3n) is 3.73. The first-order valence-corrected chi connectivity index (χ1v) is 7.08. The summed E-state index contributed by atoms with van der Waals surface area (Å²) in [5.74, 6) is 0.0480. The molecule has 0 aliphatic heterocycles. The minimum atomic E-state index is -0.265. The first kappa shape index (κ1) is 15.2. The van der Waals surface area contributed by atoms with Gasteiger partial charge in [-0.2, -0.15) is 0 Å². The third-order valence-corrected chi connectivity index (χ3v) is 3.73. The number of hydrogen-bond donors (Lipinski definition) is 1. The number of nitrogens with two attached hydrogens (primary N) is 1. The zero-order valence-electron chi connectivity index (χ0n) is 12.4. The van der Waals surface area contributed by atoms with E-state index in [1.165, 1.54) is 12.1 Å². The lowest BCUT2D eigenvalue weighted by atomic mass is 9.92. The summed E-state index contributed by atoms with van der Waals surface area (Å²) >= 11 is 0. The molecular formula is C18H20FNO. The van der Waals surface area contributed by atoms with E-state index < -0.39 is 0 Å². The number of hydrogen-bond acceptors (Lipinski definition) is 2. The van der Waals surface area contributed by atoms with Crippen LogP contribution in [0.4, 0.5) is 10.1 Å². The number of carbonyl (C=O) groups is 1. The van der Waals surface area contributed by atoms with Gasteiger partial charge in [-0.3, -0.25) is 4.79 Å². The fraction of sp³-hybridized carbons (Fsp3) is 0.278. The summed E-state index contributed by atoms with van der Waals surface area (Å²) < 4.78 is 13.1. The lowest BCUT2D eigenvalue weighted by molar-refractivity contribution is -0.118. The quantitative estimate of drug-likeness (QED) is 0.843. The molecule has 2 nitrogen and oxygen atoms in total. The predicted molar refractivity (Wildman–Crippen MR) is 83.7 cm³/mol. The number of rotatable bonds is 5. The molecule has 0 radical (unpaired) electrons. The number of nitrogen functional groups attached to an aromatic ring is 1. The summed E-state index contributed by atoms with van der Waals surface area (Å²) in [5, 5.41) is 0. The van der Waals surface area contributed by atoms with Crippen LogP contribution in [0.2, 0.25) is 0 Å². The van der Waals surface area contributed by atoms with Crippen LogP contribution >= 0.6 is 0 Å². The van der Waals surface area contributed by atoms with E-state index in [2.05, 4.69) is 0 Å². The largest absolute Gasteiger partial charge is 0.399 e. The average molecular weight is 285 g/mol. The van der Waals surface area contributed by atoms with Gasteiger partial charge in [0.25, 0.3) is 0 Å². The van der Waals surface area contributed by atoms with Gasteiger partial charge in [-0.25, -0.2) is 4.39 Å². The van der Waals surface area contributed by atoms with Crippen molar-refractivity contribution >= 4 is 11.5 Å². The van der Waals surface area contributed by atoms with E-state index in [9.17, 15) is 9.18 Å². The molecule has 1 atom stereocenters. The number of ketones is 1. The minimum absolute atomic E-state index is 0.152. The van der Waals surface area contributed by atoms with Crippen molar-refractivity contribution in [2.75, 3.05) is 5.73 Å². The van der Waals surface area contributed by atoms with Crippen molar-refractivity contribution in [3.63, 3.8) is 0 Å². The summed E-state index contributed by atoms with van der Waals surface area (Å²) in [5.41, 5.74) is 9.21. The fourth-order valence-electron chi connectivity index (χ4n) is 2.43. The monoisotopic (exact) mass is 285 g/mol. The topological polar surface area (TPSA) is 43.1 Å². The summed E-state index contributed by atoms with van der Waals surface area (Å²) in [7, 11) is 0. The van der Waals surface area contributed by atoms with Crippen LogP contribution in [0.15, 0.2) is 42.5 Å². The molecule has 1 unspecified atom stereocenters. The normalized spacial score (nSPS) is 12.1. The van der Waals surface area contributed by atoms with Crippen LogP contribution in [-0.4, -0.2) is 5.78 Å². The van der Waals surface area contributed by atoms with Crippen molar-refractivity contribution in [3.05, 3.63) is 65.0 Å². The smallest absolute Gasteiger partial charge is 0.137 e. The Morgan fingerprint density at radius 3 is 2.48 bits per heavy atom. The van der Waals surface area contributed by atoms with Gasteiger partial charge in [-0.05, 0) is 53.8 Å². The van der Waals surface area contributed by atoms with Crippen LogP contribution in [0.5, 0.6) is 0 Å². The number of halogens is 1. The second kappa shape index (κ2) is 6.53. The third kappa shape index (κ3) is 4.15. The summed E-state index contributed by atoms with van der Waals surface area (Å²) in [4.78, 5) is 12.2. The minimum Gasteiger partial charge on any atom is -0.399 e. The summed E-state index contributed by atoms with van der Waals surface area (Å²) in [6.45, 7) is 3.86. The predicted octanol–water partition coefficient (Wildman–Crippen LogP) is 4.02. The molecule has 0 heterocycles. The van der Waals surface area contributed by atoms with Crippen molar-refractivity contribution in [2.45, 2.75) is 32.6 Å². The Bertz CT molecular complexity index is 634. The van der Waals surface area contributed by atoms with Gasteiger partial charge >= 0.3 is 0 Å². The molecule has 3 heteroatoms. The number of anilines is 1. The molecule has 2 aromatic carbocycles. The lowest BCUT2D eigenvalue weighted by Gasteiger charge is -2.12. The van der Waals surface area contributed by atoms with Crippen LogP contribution in [0.1, 0.15) is 36.0 Å². The highest BCUT2D eigenvalue weighted by Crippen LogP contribution is 2.22. The molecule has 0 saturated carbocycles. The van der Waals surface area contributed by atoms with E-state index in [4.69, 9.17) is 5.73 Å². The van der Waals surface area contributed by atoms with Gasteiger partial charge in [0.2, 0.25) is 0 Å². The van der Waals surface area contributed by atoms with Crippen molar-refractivity contribution in [2.24, 2.45) is 0 Å². The molecule has 110 valence electrons. The Morgan fingerprint density at radius 2 is 1.86 bits per heavy atom. The highest BCUT2D eigenvalue weighted by molar-refractivity contribution is 5.82. The van der Waals surface area contributed by atoms with Crippen molar-refractivity contribution in [1.29, 1.82) is 0 Å². The Kier molecular flexibility index (Phi) is 4.73. The standard InChI is InChI=1S/C18H20FNO/c1-12-9-16(19)6-3-15(12)11-18(21)10-13(2)14-4-7-17(20)8-5-14/h3-9,13H,10-11,20H2,1-2H3. The number of benzene rings is 2. The average Bonchev–Trinajstić information content (AvgIpc) is 2.42. The van der Waals surface area contributed by atoms with Gasteiger partial charge < -0.3 is 5.73 Å². The first-order valence-electron chi connectivity index (χ1n) is 7.08. The van der Waals surface area contributed by atoms with Crippen LogP contribution < -0.4 is 5.73 Å². The molecule has 2 N–H and O–H groups in total. The van der Waals surface area contributed by atoms with E-state index in [1.807, 2.05) is 38.1 Å². The molecule has 0 amide bonds. The zero-order chi connectivity index (χ0) is 15.4. The van der Waals surface area contributed by atoms with E-state index in [-0.39, 0.29) is 17.5 Å². The molecule has 2 aromatic rings. The molecule has 0 fully saturated rings. The highest BCUT2D eigenvalue weighted by Gasteiger charge is 2.13. The van der Waals surface area contributed by atoms with Crippen molar-refractivity contribution in [1.82, 2.24) is 0 Å². The maximum absolute atomic E-state index is 13.1. The van der Waals surface area contributed by atoms with Crippen LogP contribution in [0.25, 0.3) is 0 Å². The summed E-state index contributed by atoms with van der Waals surface area (Å²) in [6.07, 6.45) is 0.826. The SMILES string of the molecule is Cc1cc(F)ccc1CC(=O)CC(C)c1ccc(N)cc1. The highest BCUT2D eigenvalue weighted by atomic mass is 19.1. The van der Waals surface area contributed by atoms with Crippen molar-refractivity contribution in [3.8, 4) is 0 Å². The van der Waals surface area contributed by atoms with Crippen LogP contribution in [0.3, 0.4) is 0 Å². The van der Waals surface area contributed by atoms with Gasteiger partial charge in [0.1, 0.15) is 11.6 Å². The Balaban J connectivity index is 1.99. The Hall–Kier alpha value is -2.16. The second-order valence-electron chi connectivity index (χ2n) is 5.56. The van der Waals surface area contributed by atoms with Crippen LogP contribution in [-0.2, 0) is 11.2 Å². The van der Waals surface area contributed by atoms with Gasteiger partial charge in [0.15, 0.2) is 0 Å². The molecule has 0 spiro atoms. The molecule has 2 rings (SSSR count). The maximum atomic E-state index is 13.1. The first-order chi connectivity index (χ1) is 9.95. The van der Waals surface area contributed by atoms with E-state index in [0.29, 0.717) is 12.8 Å². The van der Waals surface area contributed by atoms with E-state index >= 15 is 0 Å². The van der Waals surface area contributed by atoms with Gasteiger partial charge in [0.05, 0.1) is 0 Å². The molecule has 0 aliphatic carbocycles. The summed E-state index contributed by atoms with van der Waals surface area (Å²) in [6, 6.07) is 12.2. The molecule has 0 aliphatic rings. The van der Waals surface area contributed by atoms with Crippen molar-refractivity contribution < 1.29 is 9.18 Å². The molecule has 21 heavy (non-hydrogen) atoms. The number of Topliss-reactive ketones (excluding diaryl/α,β-unsaturated/α-hetero) is 1. The molecule has 0 bridgehead atoms. The zero-order valence-corrected chi connectivity index (χ0v) is 12.4. The van der Waals surface area contributed by atoms with Gasteiger partial charge in [-0.1, -0.05) is 25.1 Å². The molecule has 0 aromatic heterocycles. The second-order valence-corrected chi connectivity index (χ2v) is 5.56. The number of aryl methyl sites for hydroxylation is 1. The van der Waals surface area contributed by atoms with E-state index in [1.54, 1.807) is 6.07 Å². The Labute approximate surface area is 124 Å². The van der Waals surface area contributed by atoms with E-state index in [0.717, 1.165) is 22.4 Å². The number of carbonyl (C=O) groups excluding carboxylic acids is 1. The Morgan fingerprint density at radius 1 is 1.19 bits per heavy atom. The lowest BCUT2D eigenvalue weighted by Crippen LogP contribution is -2.08. The molecule has 0 saturated heterocycles. The van der Waals surface area contributed by atoms with Gasteiger partial charge in [-0.15, -0.1) is 0 Å². The van der Waals surface area contributed by atoms with Crippen LogP contribution in [0, 0.1) is 12.7 Å².